The van der Waals surface area contributed by atoms with Crippen LogP contribution in [0, 0.1) is 0 Å². The molecule has 2 aromatic carbocycles. The van der Waals surface area contributed by atoms with Gasteiger partial charge in [-0.15, -0.1) is 0 Å². The summed E-state index contributed by atoms with van der Waals surface area (Å²) in [7, 11) is 0. The van der Waals surface area contributed by atoms with Crippen molar-refractivity contribution in [3.8, 4) is 5.75 Å². The number of ether oxygens (including phenoxy) is 1. The Balaban J connectivity index is 2.15. The molecule has 2 rings (SSSR count). The molecule has 98 valence electrons. The van der Waals surface area contributed by atoms with Gasteiger partial charge in [-0.1, -0.05) is 75.5 Å². The van der Waals surface area contributed by atoms with E-state index in [1.54, 1.807) is 18.2 Å². The van der Waals surface area contributed by atoms with Gasteiger partial charge in [0.15, 0.2) is 5.75 Å². The van der Waals surface area contributed by atoms with E-state index in [-0.39, 0.29) is 10.8 Å². The van der Waals surface area contributed by atoms with Gasteiger partial charge in [-0.25, -0.2) is 0 Å². The van der Waals surface area contributed by atoms with Crippen molar-refractivity contribution >= 4 is 45.1 Å². The largest absolute Gasteiger partial charge is 0.424 e. The van der Waals surface area contributed by atoms with Crippen molar-refractivity contribution in [1.29, 1.82) is 0 Å². The Hall–Kier alpha value is -1.03. The van der Waals surface area contributed by atoms with Gasteiger partial charge in [0.25, 0.3) is 0 Å². The Morgan fingerprint density at radius 1 is 1.05 bits per heavy atom. The molecule has 1 atom stereocenters. The average molecular weight is 360 g/mol. The third-order valence-corrected chi connectivity index (χ3v) is 4.13. The van der Waals surface area contributed by atoms with Crippen molar-refractivity contribution in [2.45, 2.75) is 4.83 Å². The second-order valence-corrected chi connectivity index (χ2v) is 5.45. The molecule has 5 heteroatoms. The molecule has 0 radical (unpaired) electrons. The third kappa shape index (κ3) is 3.50. The van der Waals surface area contributed by atoms with E-state index in [2.05, 4.69) is 15.9 Å². The van der Waals surface area contributed by atoms with Gasteiger partial charge in [-0.3, -0.25) is 4.79 Å². The van der Waals surface area contributed by atoms with Gasteiger partial charge in [0.2, 0.25) is 0 Å². The molecule has 0 saturated carbocycles. The fourth-order valence-electron chi connectivity index (χ4n) is 1.48. The maximum absolute atomic E-state index is 12.0. The maximum atomic E-state index is 12.0. The quantitative estimate of drug-likeness (QED) is 0.436. The van der Waals surface area contributed by atoms with E-state index in [0.29, 0.717) is 5.02 Å². The van der Waals surface area contributed by atoms with E-state index >= 15 is 0 Å². The zero-order valence-corrected chi connectivity index (χ0v) is 12.7. The molecule has 0 aromatic heterocycles. The molecule has 0 bridgehead atoms. The number of hydrogen-bond donors (Lipinski definition) is 0. The van der Waals surface area contributed by atoms with Crippen molar-refractivity contribution in [2.75, 3.05) is 0 Å². The zero-order chi connectivity index (χ0) is 13.8. The number of halogens is 3. The summed E-state index contributed by atoms with van der Waals surface area (Å²) in [5, 5.41) is 0.572. The summed E-state index contributed by atoms with van der Waals surface area (Å²) in [5.74, 6) is -0.199. The summed E-state index contributed by atoms with van der Waals surface area (Å²) in [6, 6.07) is 14.1. The molecule has 0 aliphatic rings. The minimum atomic E-state index is -0.552. The van der Waals surface area contributed by atoms with E-state index in [4.69, 9.17) is 27.9 Å². The summed E-state index contributed by atoms with van der Waals surface area (Å²) in [5.41, 5.74) is 0.811. The summed E-state index contributed by atoms with van der Waals surface area (Å²) < 4.78 is 5.24. The first-order valence-electron chi connectivity index (χ1n) is 5.44. The Morgan fingerprint density at radius 3 is 2.42 bits per heavy atom. The topological polar surface area (TPSA) is 26.3 Å². The number of alkyl halides is 1. The average Bonchev–Trinajstić information content (AvgIpc) is 2.44. The smallest absolute Gasteiger partial charge is 0.329 e. The van der Waals surface area contributed by atoms with Crippen LogP contribution in [-0.2, 0) is 4.79 Å². The SMILES string of the molecule is O=C(Oc1cccc(Cl)c1Cl)C(Br)c1ccccc1. The Morgan fingerprint density at radius 2 is 1.74 bits per heavy atom. The molecular formula is C14H9BrCl2O2. The lowest BCUT2D eigenvalue weighted by molar-refractivity contribution is -0.133. The highest BCUT2D eigenvalue weighted by molar-refractivity contribution is 9.09. The molecular weight excluding hydrogens is 351 g/mol. The van der Waals surface area contributed by atoms with Crippen LogP contribution in [0.5, 0.6) is 5.75 Å². The number of hydrogen-bond acceptors (Lipinski definition) is 2. The molecule has 0 heterocycles. The summed E-state index contributed by atoms with van der Waals surface area (Å²) in [6.07, 6.45) is 0. The summed E-state index contributed by atoms with van der Waals surface area (Å²) in [6.45, 7) is 0. The molecule has 0 saturated heterocycles. The van der Waals surface area contributed by atoms with E-state index in [1.807, 2.05) is 30.3 Å². The normalized spacial score (nSPS) is 11.9. The first kappa shape index (κ1) is 14.4. The highest BCUT2D eigenvalue weighted by atomic mass is 79.9. The molecule has 0 N–H and O–H groups in total. The van der Waals surface area contributed by atoms with Crippen LogP contribution >= 0.6 is 39.1 Å². The number of carbonyl (C=O) groups excluding carboxylic acids is 1. The van der Waals surface area contributed by atoms with Gasteiger partial charge >= 0.3 is 5.97 Å². The number of carbonyl (C=O) groups is 1. The van der Waals surface area contributed by atoms with Crippen molar-refractivity contribution in [3.63, 3.8) is 0 Å². The molecule has 0 spiro atoms. The number of esters is 1. The van der Waals surface area contributed by atoms with Gasteiger partial charge in [0, 0.05) is 0 Å². The molecule has 1 unspecified atom stereocenters. The van der Waals surface area contributed by atoms with Crippen LogP contribution in [0.15, 0.2) is 48.5 Å². The summed E-state index contributed by atoms with van der Waals surface area (Å²) in [4.78, 5) is 11.5. The highest BCUT2D eigenvalue weighted by Crippen LogP contribution is 2.33. The van der Waals surface area contributed by atoms with E-state index in [0.717, 1.165) is 5.56 Å². The highest BCUT2D eigenvalue weighted by Gasteiger charge is 2.20. The maximum Gasteiger partial charge on any atom is 0.329 e. The van der Waals surface area contributed by atoms with E-state index < -0.39 is 10.8 Å². The van der Waals surface area contributed by atoms with Gasteiger partial charge in [0.1, 0.15) is 9.85 Å². The molecule has 2 nitrogen and oxygen atoms in total. The number of rotatable bonds is 3. The van der Waals surface area contributed by atoms with Crippen LogP contribution in [0.2, 0.25) is 10.0 Å². The fraction of sp³-hybridized carbons (Fsp3) is 0.0714. The summed E-state index contributed by atoms with van der Waals surface area (Å²) >= 11 is 15.1. The monoisotopic (exact) mass is 358 g/mol. The van der Waals surface area contributed by atoms with E-state index in [9.17, 15) is 4.79 Å². The Bertz CT molecular complexity index is 587. The second-order valence-electron chi connectivity index (χ2n) is 3.75. The molecule has 2 aromatic rings. The van der Waals surface area contributed by atoms with Crippen LogP contribution < -0.4 is 4.74 Å². The Labute approximate surface area is 129 Å². The van der Waals surface area contributed by atoms with E-state index in [1.165, 1.54) is 0 Å². The van der Waals surface area contributed by atoms with Crippen LogP contribution in [0.4, 0.5) is 0 Å². The predicted molar refractivity (Wildman–Crippen MR) is 80.2 cm³/mol. The molecule has 0 aliphatic heterocycles. The minimum absolute atomic E-state index is 0.227. The first-order valence-corrected chi connectivity index (χ1v) is 7.11. The van der Waals surface area contributed by atoms with Gasteiger partial charge in [0.05, 0.1) is 5.02 Å². The molecule has 0 aliphatic carbocycles. The van der Waals surface area contributed by atoms with Gasteiger partial charge in [-0.05, 0) is 17.7 Å². The van der Waals surface area contributed by atoms with Gasteiger partial charge < -0.3 is 4.74 Å². The van der Waals surface area contributed by atoms with Crippen molar-refractivity contribution in [2.24, 2.45) is 0 Å². The van der Waals surface area contributed by atoms with Gasteiger partial charge in [-0.2, -0.15) is 0 Å². The lowest BCUT2D eigenvalue weighted by Gasteiger charge is -2.11. The predicted octanol–water partition coefficient (Wildman–Crippen LogP) is 5.04. The van der Waals surface area contributed by atoms with Crippen LogP contribution in [0.25, 0.3) is 0 Å². The first-order chi connectivity index (χ1) is 9.09. The lowest BCUT2D eigenvalue weighted by Crippen LogP contribution is -2.14. The lowest BCUT2D eigenvalue weighted by atomic mass is 10.1. The number of benzene rings is 2. The van der Waals surface area contributed by atoms with Crippen LogP contribution in [-0.4, -0.2) is 5.97 Å². The van der Waals surface area contributed by atoms with Crippen LogP contribution in [0.1, 0.15) is 10.4 Å². The molecule has 19 heavy (non-hydrogen) atoms. The Kier molecular flexibility index (Phi) is 4.86. The fourth-order valence-corrected chi connectivity index (χ4v) is 2.21. The van der Waals surface area contributed by atoms with Crippen molar-refractivity contribution in [1.82, 2.24) is 0 Å². The van der Waals surface area contributed by atoms with Crippen molar-refractivity contribution in [3.05, 3.63) is 64.1 Å². The van der Waals surface area contributed by atoms with Crippen molar-refractivity contribution < 1.29 is 9.53 Å². The minimum Gasteiger partial charge on any atom is -0.424 e. The molecule has 0 amide bonds. The van der Waals surface area contributed by atoms with Crippen LogP contribution in [0.3, 0.4) is 0 Å². The zero-order valence-electron chi connectivity index (χ0n) is 9.65. The molecule has 0 fully saturated rings. The third-order valence-electron chi connectivity index (χ3n) is 2.43. The second kappa shape index (κ2) is 6.42. The standard InChI is InChI=1S/C14H9BrCl2O2/c15-12(9-5-2-1-3-6-9)14(18)19-11-8-4-7-10(16)13(11)17/h1-8,12H.